The van der Waals surface area contributed by atoms with E-state index in [1.807, 2.05) is 0 Å². The van der Waals surface area contributed by atoms with Crippen LogP contribution in [-0.2, 0) is 10.1 Å². The van der Waals surface area contributed by atoms with Crippen molar-refractivity contribution >= 4 is 26.8 Å². The van der Waals surface area contributed by atoms with Gasteiger partial charge in [0, 0.05) is 11.6 Å². The average Bonchev–Trinajstić information content (AvgIpc) is 2.40. The van der Waals surface area contributed by atoms with Crippen LogP contribution >= 0.6 is 0 Å². The molecule has 0 atom stereocenters. The topological polar surface area (TPSA) is 73.3 Å². The number of Topliss-reactive ketones (excluding diaryl/α,β-unsaturated/α-hetero) is 1. The molecular formula is C13H10F3NO4S. The molecular weight excluding hydrogens is 323 g/mol. The molecule has 0 fully saturated rings. The molecule has 2 rings (SSSR count). The number of carbonyl (C=O) groups excluding carboxylic acids is 1. The fraction of sp³-hybridized carbons (Fsp3) is 0.231. The summed E-state index contributed by atoms with van der Waals surface area (Å²) in [5.74, 6) is -1.35. The van der Waals surface area contributed by atoms with Gasteiger partial charge in [0.15, 0.2) is 11.5 Å². The van der Waals surface area contributed by atoms with E-state index in [4.69, 9.17) is 0 Å². The van der Waals surface area contributed by atoms with Crippen molar-refractivity contribution in [1.29, 1.82) is 0 Å². The number of pyridine rings is 1. The Morgan fingerprint density at radius 1 is 1.32 bits per heavy atom. The van der Waals surface area contributed by atoms with E-state index in [1.54, 1.807) is 6.92 Å². The summed E-state index contributed by atoms with van der Waals surface area (Å²) in [6.45, 7) is 2.72. The highest BCUT2D eigenvalue weighted by atomic mass is 32.2. The maximum Gasteiger partial charge on any atom is 0.534 e. The molecule has 0 aliphatic rings. The number of halogens is 3. The van der Waals surface area contributed by atoms with Crippen LogP contribution in [-0.4, -0.2) is 24.7 Å². The van der Waals surface area contributed by atoms with Crippen LogP contribution in [0.4, 0.5) is 13.2 Å². The maximum atomic E-state index is 12.5. The number of carbonyl (C=O) groups is 1. The van der Waals surface area contributed by atoms with E-state index in [2.05, 4.69) is 9.17 Å². The molecule has 0 unspecified atom stereocenters. The van der Waals surface area contributed by atoms with Gasteiger partial charge in [0.05, 0.1) is 5.56 Å². The number of aryl methyl sites for hydroxylation is 1. The Bertz CT molecular complexity index is 859. The molecule has 9 heteroatoms. The Labute approximate surface area is 123 Å². The Morgan fingerprint density at radius 3 is 2.50 bits per heavy atom. The van der Waals surface area contributed by atoms with E-state index in [1.165, 1.54) is 24.4 Å². The van der Waals surface area contributed by atoms with Gasteiger partial charge >= 0.3 is 15.6 Å². The first-order chi connectivity index (χ1) is 10.0. The van der Waals surface area contributed by atoms with Crippen LogP contribution in [0.1, 0.15) is 22.8 Å². The number of rotatable bonds is 3. The number of fused-ring (bicyclic) bond motifs is 1. The summed E-state index contributed by atoms with van der Waals surface area (Å²) in [6.07, 6.45) is 1.26. The molecule has 0 amide bonds. The van der Waals surface area contributed by atoms with Gasteiger partial charge in [-0.1, -0.05) is 6.07 Å². The van der Waals surface area contributed by atoms with Crippen molar-refractivity contribution in [2.75, 3.05) is 0 Å². The van der Waals surface area contributed by atoms with Crippen LogP contribution in [0.3, 0.4) is 0 Å². The summed E-state index contributed by atoms with van der Waals surface area (Å²) in [4.78, 5) is 15.5. The van der Waals surface area contributed by atoms with Crippen molar-refractivity contribution in [3.8, 4) is 5.75 Å². The molecule has 118 valence electrons. The normalized spacial score (nSPS) is 12.4. The Balaban J connectivity index is 2.79. The number of aromatic nitrogens is 1. The Hall–Kier alpha value is -2.16. The Kier molecular flexibility index (Phi) is 3.86. The minimum absolute atomic E-state index is 0.125. The molecule has 0 bridgehead atoms. The first kappa shape index (κ1) is 16.2. The fourth-order valence-electron chi connectivity index (χ4n) is 1.89. The van der Waals surface area contributed by atoms with Gasteiger partial charge in [-0.2, -0.15) is 21.6 Å². The number of hydrogen-bond acceptors (Lipinski definition) is 5. The summed E-state index contributed by atoms with van der Waals surface area (Å²) in [5, 5.41) is 0.389. The van der Waals surface area contributed by atoms with E-state index in [0.717, 1.165) is 6.92 Å². The molecule has 0 radical (unpaired) electrons. The lowest BCUT2D eigenvalue weighted by Gasteiger charge is -2.14. The summed E-state index contributed by atoms with van der Waals surface area (Å²) < 4.78 is 64.2. The van der Waals surface area contributed by atoms with Gasteiger partial charge < -0.3 is 4.18 Å². The molecule has 22 heavy (non-hydrogen) atoms. The van der Waals surface area contributed by atoms with Crippen LogP contribution in [0.25, 0.3) is 10.9 Å². The number of hydrogen-bond donors (Lipinski definition) is 0. The van der Waals surface area contributed by atoms with E-state index in [0.29, 0.717) is 10.9 Å². The predicted octanol–water partition coefficient (Wildman–Crippen LogP) is 2.97. The second-order valence-electron chi connectivity index (χ2n) is 4.51. The smallest absolute Gasteiger partial charge is 0.373 e. The zero-order valence-electron chi connectivity index (χ0n) is 11.4. The summed E-state index contributed by atoms with van der Waals surface area (Å²) in [7, 11) is -5.90. The number of nitrogens with zero attached hydrogens (tertiary/aromatic N) is 1. The molecule has 0 saturated carbocycles. The highest BCUT2D eigenvalue weighted by Gasteiger charge is 2.49. The monoisotopic (exact) mass is 333 g/mol. The van der Waals surface area contributed by atoms with Crippen LogP contribution in [0.15, 0.2) is 24.4 Å². The molecule has 0 spiro atoms. The van der Waals surface area contributed by atoms with E-state index < -0.39 is 27.2 Å². The van der Waals surface area contributed by atoms with Crippen molar-refractivity contribution in [2.24, 2.45) is 0 Å². The predicted molar refractivity (Wildman–Crippen MR) is 72.1 cm³/mol. The van der Waals surface area contributed by atoms with Crippen molar-refractivity contribution in [2.45, 2.75) is 19.4 Å². The highest BCUT2D eigenvalue weighted by Crippen LogP contribution is 2.35. The summed E-state index contributed by atoms with van der Waals surface area (Å²) in [5.41, 5.74) is -5.45. The largest absolute Gasteiger partial charge is 0.534 e. The second kappa shape index (κ2) is 5.24. The standard InChI is InChI=1S/C13H10F3NO4S/c1-7-6-10(8(2)18)12(11-9(7)4-3-5-17-11)21-22(19,20)13(14,15)16/h3-6H,1-2H3. The number of alkyl halides is 3. The molecule has 5 nitrogen and oxygen atoms in total. The lowest BCUT2D eigenvalue weighted by molar-refractivity contribution is -0.0499. The van der Waals surface area contributed by atoms with Gasteiger partial charge in [-0.3, -0.25) is 9.78 Å². The quantitative estimate of drug-likeness (QED) is 0.490. The van der Waals surface area contributed by atoms with Crippen molar-refractivity contribution in [1.82, 2.24) is 4.98 Å². The molecule has 0 N–H and O–H groups in total. The van der Waals surface area contributed by atoms with Crippen molar-refractivity contribution < 1.29 is 30.6 Å². The lowest BCUT2D eigenvalue weighted by Crippen LogP contribution is -2.28. The minimum Gasteiger partial charge on any atom is -0.373 e. The van der Waals surface area contributed by atoms with Gasteiger partial charge in [0.1, 0.15) is 5.52 Å². The van der Waals surface area contributed by atoms with Crippen LogP contribution in [0.2, 0.25) is 0 Å². The minimum atomic E-state index is -5.90. The Morgan fingerprint density at radius 2 is 1.95 bits per heavy atom. The third kappa shape index (κ3) is 2.76. The van der Waals surface area contributed by atoms with Crippen molar-refractivity contribution in [3.05, 3.63) is 35.5 Å². The van der Waals surface area contributed by atoms with Crippen LogP contribution < -0.4 is 4.18 Å². The SMILES string of the molecule is CC(=O)c1cc(C)c2cccnc2c1OS(=O)(=O)C(F)(F)F. The molecule has 0 aliphatic carbocycles. The fourth-order valence-corrected chi connectivity index (χ4v) is 2.38. The van der Waals surface area contributed by atoms with Gasteiger partial charge in [-0.25, -0.2) is 0 Å². The molecule has 0 aliphatic heterocycles. The molecule has 1 heterocycles. The summed E-state index contributed by atoms with van der Waals surface area (Å²) in [6, 6.07) is 4.34. The second-order valence-corrected chi connectivity index (χ2v) is 6.05. The van der Waals surface area contributed by atoms with Gasteiger partial charge in [-0.05, 0) is 31.5 Å². The van der Waals surface area contributed by atoms with Crippen LogP contribution in [0, 0.1) is 6.92 Å². The third-order valence-corrected chi connectivity index (χ3v) is 3.86. The average molecular weight is 333 g/mol. The number of benzene rings is 1. The molecule has 0 saturated heterocycles. The lowest BCUT2D eigenvalue weighted by atomic mass is 10.0. The van der Waals surface area contributed by atoms with Gasteiger partial charge in [-0.15, -0.1) is 0 Å². The zero-order chi connectivity index (χ0) is 16.7. The third-order valence-electron chi connectivity index (χ3n) is 2.91. The summed E-state index contributed by atoms with van der Waals surface area (Å²) >= 11 is 0. The highest BCUT2D eigenvalue weighted by molar-refractivity contribution is 7.88. The zero-order valence-corrected chi connectivity index (χ0v) is 12.2. The van der Waals surface area contributed by atoms with Crippen LogP contribution in [0.5, 0.6) is 5.75 Å². The first-order valence-corrected chi connectivity index (χ1v) is 7.35. The van der Waals surface area contributed by atoms with E-state index in [-0.39, 0.29) is 11.1 Å². The van der Waals surface area contributed by atoms with Gasteiger partial charge in [0.25, 0.3) is 0 Å². The van der Waals surface area contributed by atoms with Gasteiger partial charge in [0.2, 0.25) is 0 Å². The van der Waals surface area contributed by atoms with E-state index in [9.17, 15) is 26.4 Å². The molecule has 1 aromatic heterocycles. The number of ketones is 1. The van der Waals surface area contributed by atoms with Crippen molar-refractivity contribution in [3.63, 3.8) is 0 Å². The van der Waals surface area contributed by atoms with E-state index >= 15 is 0 Å². The first-order valence-electron chi connectivity index (χ1n) is 5.94. The molecule has 2 aromatic rings. The maximum absolute atomic E-state index is 12.5. The molecule has 1 aromatic carbocycles.